The van der Waals surface area contributed by atoms with Crippen LogP contribution in [0.4, 0.5) is 0 Å². The molecule has 0 spiro atoms. The van der Waals surface area contributed by atoms with Crippen LogP contribution < -0.4 is 0 Å². The Morgan fingerprint density at radius 3 is 2.47 bits per heavy atom. The molecule has 0 radical (unpaired) electrons. The van der Waals surface area contributed by atoms with Gasteiger partial charge in [0, 0.05) is 53.4 Å². The average Bonchev–Trinajstić information content (AvgIpc) is 3.73. The van der Waals surface area contributed by atoms with Crippen LogP contribution in [0.2, 0.25) is 0 Å². The third kappa shape index (κ3) is 4.13. The molecule has 43 heavy (non-hydrogen) atoms. The third-order valence-electron chi connectivity index (χ3n) is 12.0. The van der Waals surface area contributed by atoms with E-state index < -0.39 is 40.4 Å². The average molecular weight is 597 g/mol. The number of hydrogen-bond donors (Lipinski definition) is 0. The van der Waals surface area contributed by atoms with Gasteiger partial charge >= 0.3 is 17.9 Å². The van der Waals surface area contributed by atoms with E-state index >= 15 is 0 Å². The maximum Gasteiger partial charge on any atom is 0.333 e. The molecule has 234 valence electrons. The highest BCUT2D eigenvalue weighted by atomic mass is 16.6. The second-order valence-corrected chi connectivity index (χ2v) is 13.9. The molecule has 0 amide bonds. The van der Waals surface area contributed by atoms with Gasteiger partial charge in [0.05, 0.1) is 44.6 Å². The molecule has 5 aliphatic rings. The predicted octanol–water partition coefficient (Wildman–Crippen LogP) is 5.29. The standard InChI is InChI=1S/C34H44O9/c1-9-17(2)31(37)43-25-14-24(41-19(4)35)32(5)16-40-28-29(32)33(25,6)23(13-26(36)38-8)34(7)27-18(3)21(20-10-11-39-15-20)12-22(27)42-30(28)34/h9-11,15,21-25,28-30H,12-14,16H2,1-8H3/t21-,22-,23-,24-,25+,28-,29+,30-,32-,33+,34-/m1/s1. The zero-order chi connectivity index (χ0) is 31.1. The maximum absolute atomic E-state index is 13.4. The summed E-state index contributed by atoms with van der Waals surface area (Å²) in [6, 6.07) is 2.00. The molecule has 4 fully saturated rings. The summed E-state index contributed by atoms with van der Waals surface area (Å²) in [7, 11) is 1.41. The molecular formula is C34H44O9. The van der Waals surface area contributed by atoms with Crippen molar-refractivity contribution in [3.8, 4) is 0 Å². The highest BCUT2D eigenvalue weighted by Crippen LogP contribution is 2.74. The van der Waals surface area contributed by atoms with Crippen molar-refractivity contribution >= 4 is 17.9 Å². The summed E-state index contributed by atoms with van der Waals surface area (Å²) in [4.78, 5) is 39.0. The largest absolute Gasteiger partial charge is 0.472 e. The highest BCUT2D eigenvalue weighted by molar-refractivity contribution is 5.87. The van der Waals surface area contributed by atoms with E-state index in [4.69, 9.17) is 28.1 Å². The van der Waals surface area contributed by atoms with Gasteiger partial charge in [0.25, 0.3) is 0 Å². The van der Waals surface area contributed by atoms with E-state index in [1.54, 1.807) is 32.4 Å². The van der Waals surface area contributed by atoms with Gasteiger partial charge in [-0.3, -0.25) is 9.59 Å². The first-order chi connectivity index (χ1) is 20.3. The number of furan rings is 1. The van der Waals surface area contributed by atoms with Crippen LogP contribution in [0, 0.1) is 28.1 Å². The summed E-state index contributed by atoms with van der Waals surface area (Å²) in [5, 5.41) is 0. The van der Waals surface area contributed by atoms with Crippen molar-refractivity contribution in [2.45, 2.75) is 104 Å². The van der Waals surface area contributed by atoms with Crippen molar-refractivity contribution in [1.29, 1.82) is 0 Å². The van der Waals surface area contributed by atoms with E-state index in [0.717, 1.165) is 12.0 Å². The van der Waals surface area contributed by atoms with Crippen LogP contribution in [0.1, 0.15) is 79.2 Å². The summed E-state index contributed by atoms with van der Waals surface area (Å²) in [6.45, 7) is 13.9. The number of esters is 3. The SMILES string of the molecule is CC=C(C)C(=O)O[C@H]1C[C@@H](OC(C)=O)[C@@]2(C)CO[C@H]3[C@H]4O[C@@H]5C[C@@H](c6ccoc6)C(C)=C5[C@@]4(C)[C@H](CC(=O)OC)[C@]1(C)[C@@H]32. The Balaban J connectivity index is 1.55. The molecule has 11 atom stereocenters. The van der Waals surface area contributed by atoms with Crippen LogP contribution >= 0.6 is 0 Å². The second kappa shape index (κ2) is 10.3. The number of fused-ring (bicyclic) bond motifs is 4. The van der Waals surface area contributed by atoms with E-state index in [9.17, 15) is 14.4 Å². The molecule has 3 heterocycles. The smallest absolute Gasteiger partial charge is 0.333 e. The summed E-state index contributed by atoms with van der Waals surface area (Å²) < 4.78 is 36.8. The molecule has 9 nitrogen and oxygen atoms in total. The Morgan fingerprint density at radius 1 is 1.09 bits per heavy atom. The van der Waals surface area contributed by atoms with Gasteiger partial charge in [0.1, 0.15) is 12.2 Å². The fourth-order valence-corrected chi connectivity index (χ4v) is 10.0. The van der Waals surface area contributed by atoms with Crippen molar-refractivity contribution in [3.63, 3.8) is 0 Å². The van der Waals surface area contributed by atoms with Crippen molar-refractivity contribution in [2.75, 3.05) is 13.7 Å². The van der Waals surface area contributed by atoms with Crippen LogP contribution in [-0.4, -0.2) is 62.1 Å². The third-order valence-corrected chi connectivity index (χ3v) is 12.0. The summed E-state index contributed by atoms with van der Waals surface area (Å²) in [5.41, 5.74) is 2.08. The maximum atomic E-state index is 13.4. The molecule has 0 unspecified atom stereocenters. The number of methoxy groups -OCH3 is 1. The molecule has 0 aromatic carbocycles. The minimum absolute atomic E-state index is 0.122. The number of rotatable bonds is 6. The molecule has 0 bridgehead atoms. The lowest BCUT2D eigenvalue weighted by Gasteiger charge is -2.65. The lowest BCUT2D eigenvalue weighted by Crippen LogP contribution is -2.71. The number of carbonyl (C=O) groups excluding carboxylic acids is 3. The highest BCUT2D eigenvalue weighted by Gasteiger charge is 2.78. The normalized spacial score (nSPS) is 43.1. The molecule has 1 aromatic heterocycles. The minimum atomic E-state index is -0.741. The molecule has 3 aliphatic carbocycles. The molecule has 2 aliphatic heterocycles. The summed E-state index contributed by atoms with van der Waals surface area (Å²) in [6.07, 6.45) is 4.39. The first kappa shape index (κ1) is 30.1. The molecule has 9 heteroatoms. The Bertz CT molecular complexity index is 1380. The fourth-order valence-electron chi connectivity index (χ4n) is 10.0. The van der Waals surface area contributed by atoms with Gasteiger partial charge in [-0.1, -0.05) is 32.4 Å². The zero-order valence-electron chi connectivity index (χ0n) is 26.4. The van der Waals surface area contributed by atoms with E-state index in [2.05, 4.69) is 27.7 Å². The number of hydrogen-bond acceptors (Lipinski definition) is 9. The molecular weight excluding hydrogens is 552 g/mol. The Labute approximate surface area is 253 Å². The Hall–Kier alpha value is -2.91. The van der Waals surface area contributed by atoms with Gasteiger partial charge in [-0.05, 0) is 50.3 Å². The van der Waals surface area contributed by atoms with Crippen LogP contribution in [0.5, 0.6) is 0 Å². The topological polar surface area (TPSA) is 111 Å². The predicted molar refractivity (Wildman–Crippen MR) is 155 cm³/mol. The summed E-state index contributed by atoms with van der Waals surface area (Å²) in [5.74, 6) is -1.54. The number of carbonyl (C=O) groups is 3. The monoisotopic (exact) mass is 596 g/mol. The Morgan fingerprint density at radius 2 is 1.84 bits per heavy atom. The number of ether oxygens (including phenoxy) is 5. The minimum Gasteiger partial charge on any atom is -0.472 e. The zero-order valence-corrected chi connectivity index (χ0v) is 26.4. The van der Waals surface area contributed by atoms with Gasteiger partial charge in [-0.25, -0.2) is 4.79 Å². The fraction of sp³-hybridized carbons (Fsp3) is 0.676. The molecule has 2 saturated heterocycles. The second-order valence-electron chi connectivity index (χ2n) is 13.9. The van der Waals surface area contributed by atoms with Crippen LogP contribution in [-0.2, 0) is 38.1 Å². The van der Waals surface area contributed by atoms with Gasteiger partial charge in [0.15, 0.2) is 0 Å². The van der Waals surface area contributed by atoms with E-state index in [1.807, 2.05) is 6.07 Å². The first-order valence-electron chi connectivity index (χ1n) is 15.4. The molecule has 0 N–H and O–H groups in total. The summed E-state index contributed by atoms with van der Waals surface area (Å²) >= 11 is 0. The first-order valence-corrected chi connectivity index (χ1v) is 15.4. The van der Waals surface area contributed by atoms with E-state index in [1.165, 1.54) is 25.2 Å². The van der Waals surface area contributed by atoms with Crippen molar-refractivity contribution in [3.05, 3.63) is 47.0 Å². The molecule has 6 rings (SSSR count). The number of allylic oxidation sites excluding steroid dienone is 2. The van der Waals surface area contributed by atoms with Crippen molar-refractivity contribution < 1.29 is 42.5 Å². The van der Waals surface area contributed by atoms with Gasteiger partial charge in [-0.15, -0.1) is 0 Å². The van der Waals surface area contributed by atoms with E-state index in [-0.39, 0.29) is 48.5 Å². The van der Waals surface area contributed by atoms with Crippen LogP contribution in [0.25, 0.3) is 0 Å². The van der Waals surface area contributed by atoms with Gasteiger partial charge in [0.2, 0.25) is 0 Å². The molecule has 1 aromatic rings. The van der Waals surface area contributed by atoms with E-state index in [0.29, 0.717) is 18.6 Å². The quantitative estimate of drug-likeness (QED) is 0.187. The molecule has 2 saturated carbocycles. The van der Waals surface area contributed by atoms with Gasteiger partial charge in [-0.2, -0.15) is 0 Å². The lowest BCUT2D eigenvalue weighted by molar-refractivity contribution is -0.251. The van der Waals surface area contributed by atoms with Crippen LogP contribution in [0.15, 0.2) is 45.8 Å². The van der Waals surface area contributed by atoms with Crippen LogP contribution in [0.3, 0.4) is 0 Å². The Kier molecular flexibility index (Phi) is 7.24. The van der Waals surface area contributed by atoms with Gasteiger partial charge < -0.3 is 28.1 Å². The lowest BCUT2D eigenvalue weighted by atomic mass is 9.40. The van der Waals surface area contributed by atoms with Crippen molar-refractivity contribution in [1.82, 2.24) is 0 Å². The van der Waals surface area contributed by atoms with Crippen molar-refractivity contribution in [2.24, 2.45) is 28.1 Å².